The molecule has 0 spiro atoms. The Kier molecular flexibility index (Phi) is 5.22. The van der Waals surface area contributed by atoms with Crippen LogP contribution in [0.1, 0.15) is 35.2 Å². The molecule has 1 fully saturated rings. The number of hydrogen-bond acceptors (Lipinski definition) is 3. The Balaban J connectivity index is 1.47. The molecule has 28 heavy (non-hydrogen) atoms. The fourth-order valence-electron chi connectivity index (χ4n) is 3.66. The van der Waals surface area contributed by atoms with Gasteiger partial charge in [0, 0.05) is 39.9 Å². The Morgan fingerprint density at radius 3 is 2.57 bits per heavy atom. The first-order valence-electron chi connectivity index (χ1n) is 9.06. The highest BCUT2D eigenvalue weighted by molar-refractivity contribution is 9.10. The smallest absolute Gasteiger partial charge is 0.420 e. The molecule has 1 amide bonds. The van der Waals surface area contributed by atoms with Crippen LogP contribution in [-0.2, 0) is 6.42 Å². The average molecular weight is 472 g/mol. The fraction of sp³-hybridized carbons (Fsp3) is 0.350. The van der Waals surface area contributed by atoms with Crippen molar-refractivity contribution in [2.45, 2.75) is 37.3 Å². The molecular weight excluding hydrogens is 454 g/mol. The number of amides is 1. The standard InChI is InChI=1S/C20H18BrClF2N2O2/c21-17-11-13(10-12-8-9-26(18(12)17)15-2-1-3-15)19(27)25-14-4-6-16(7-5-14)28-20(22,23)24/h4-7,10-11,15H,1-3,8-9H2,(H,25,27). The van der Waals surface area contributed by atoms with Crippen LogP contribution in [0.2, 0.25) is 0 Å². The van der Waals surface area contributed by atoms with Gasteiger partial charge < -0.3 is 15.0 Å². The third-order valence-electron chi connectivity index (χ3n) is 5.18. The van der Waals surface area contributed by atoms with Crippen molar-refractivity contribution in [3.8, 4) is 5.75 Å². The zero-order valence-corrected chi connectivity index (χ0v) is 17.2. The number of fused-ring (bicyclic) bond motifs is 1. The minimum Gasteiger partial charge on any atom is -0.420 e. The van der Waals surface area contributed by atoms with Crippen molar-refractivity contribution in [3.05, 3.63) is 52.0 Å². The SMILES string of the molecule is O=C(Nc1ccc(OC(F)(F)Cl)cc1)c1cc(Br)c2c(c1)CCN2C1CCC1. The van der Waals surface area contributed by atoms with E-state index in [1.54, 1.807) is 0 Å². The maximum absolute atomic E-state index is 12.7. The van der Waals surface area contributed by atoms with Gasteiger partial charge in [-0.25, -0.2) is 0 Å². The summed E-state index contributed by atoms with van der Waals surface area (Å²) in [7, 11) is 0. The molecule has 2 aromatic carbocycles. The molecule has 0 aromatic heterocycles. The first-order chi connectivity index (χ1) is 13.3. The lowest BCUT2D eigenvalue weighted by Gasteiger charge is -2.37. The van der Waals surface area contributed by atoms with E-state index in [-0.39, 0.29) is 11.7 Å². The molecule has 148 valence electrons. The van der Waals surface area contributed by atoms with E-state index in [1.165, 1.54) is 54.8 Å². The molecular formula is C20H18BrClF2N2O2. The lowest BCUT2D eigenvalue weighted by Crippen LogP contribution is -2.39. The van der Waals surface area contributed by atoms with Gasteiger partial charge in [0.05, 0.1) is 5.69 Å². The summed E-state index contributed by atoms with van der Waals surface area (Å²) in [5, 5.41) is 2.77. The molecule has 0 unspecified atom stereocenters. The average Bonchev–Trinajstić information content (AvgIpc) is 2.98. The predicted molar refractivity (Wildman–Crippen MR) is 109 cm³/mol. The number of rotatable bonds is 5. The maximum atomic E-state index is 12.7. The molecule has 4 rings (SSSR count). The summed E-state index contributed by atoms with van der Waals surface area (Å²) in [5.41, 5.74) is -0.379. The van der Waals surface area contributed by atoms with Crippen molar-refractivity contribution in [1.29, 1.82) is 0 Å². The number of carbonyl (C=O) groups is 1. The van der Waals surface area contributed by atoms with Crippen LogP contribution in [0.3, 0.4) is 0 Å². The minimum atomic E-state index is -3.77. The molecule has 4 nitrogen and oxygen atoms in total. The van der Waals surface area contributed by atoms with Gasteiger partial charge in [-0.15, -0.1) is 8.78 Å². The molecule has 1 saturated carbocycles. The highest BCUT2D eigenvalue weighted by Crippen LogP contribution is 2.41. The van der Waals surface area contributed by atoms with Gasteiger partial charge in [0.2, 0.25) is 0 Å². The Bertz CT molecular complexity index is 898. The quantitative estimate of drug-likeness (QED) is 0.562. The van der Waals surface area contributed by atoms with Crippen molar-refractivity contribution >= 4 is 44.8 Å². The number of halogens is 4. The summed E-state index contributed by atoms with van der Waals surface area (Å²) in [6.07, 6.45) is 4.65. The second-order valence-electron chi connectivity index (χ2n) is 7.02. The number of ether oxygens (including phenoxy) is 1. The molecule has 1 aliphatic heterocycles. The van der Waals surface area contributed by atoms with Crippen molar-refractivity contribution in [1.82, 2.24) is 0 Å². The van der Waals surface area contributed by atoms with Crippen molar-refractivity contribution in [2.75, 3.05) is 16.8 Å². The van der Waals surface area contributed by atoms with Crippen LogP contribution >= 0.6 is 27.5 Å². The van der Waals surface area contributed by atoms with E-state index in [0.29, 0.717) is 17.3 Å². The first kappa shape index (κ1) is 19.5. The number of alkyl halides is 3. The monoisotopic (exact) mass is 470 g/mol. The third kappa shape index (κ3) is 4.10. The molecule has 1 heterocycles. The summed E-state index contributed by atoms with van der Waals surface area (Å²) < 4.78 is 30.5. The summed E-state index contributed by atoms with van der Waals surface area (Å²) in [5.74, 6) is -0.351. The largest absolute Gasteiger partial charge is 0.487 e. The molecule has 2 aliphatic rings. The van der Waals surface area contributed by atoms with Gasteiger partial charge in [-0.1, -0.05) is 0 Å². The normalized spacial score (nSPS) is 16.5. The number of anilines is 2. The fourth-order valence-corrected chi connectivity index (χ4v) is 4.48. The van der Waals surface area contributed by atoms with E-state index in [9.17, 15) is 13.6 Å². The number of nitrogens with zero attached hydrogens (tertiary/aromatic N) is 1. The molecule has 0 radical (unpaired) electrons. The maximum Gasteiger partial charge on any atom is 0.487 e. The molecule has 0 bridgehead atoms. The second-order valence-corrected chi connectivity index (χ2v) is 8.31. The van der Waals surface area contributed by atoms with Crippen LogP contribution in [0.5, 0.6) is 5.75 Å². The van der Waals surface area contributed by atoms with Gasteiger partial charge in [-0.3, -0.25) is 4.79 Å². The van der Waals surface area contributed by atoms with Gasteiger partial charge in [0.1, 0.15) is 5.75 Å². The number of hydrogen-bond donors (Lipinski definition) is 1. The first-order valence-corrected chi connectivity index (χ1v) is 10.2. The third-order valence-corrected chi connectivity index (χ3v) is 5.86. The number of benzene rings is 2. The van der Waals surface area contributed by atoms with E-state index in [0.717, 1.165) is 17.4 Å². The molecule has 2 aromatic rings. The topological polar surface area (TPSA) is 41.6 Å². The van der Waals surface area contributed by atoms with Crippen molar-refractivity contribution < 1.29 is 18.3 Å². The lowest BCUT2D eigenvalue weighted by atomic mass is 9.91. The van der Waals surface area contributed by atoms with Crippen LogP contribution in [-0.4, -0.2) is 24.1 Å². The second kappa shape index (κ2) is 7.52. The van der Waals surface area contributed by atoms with Crippen LogP contribution in [0, 0.1) is 0 Å². The molecule has 0 saturated heterocycles. The van der Waals surface area contributed by atoms with Gasteiger partial charge in [0.25, 0.3) is 5.91 Å². The van der Waals surface area contributed by atoms with Gasteiger partial charge in [-0.05, 0) is 83.6 Å². The number of nitrogens with one attached hydrogen (secondary N) is 1. The Labute approximate surface area is 174 Å². The molecule has 8 heteroatoms. The van der Waals surface area contributed by atoms with Crippen LogP contribution < -0.4 is 15.0 Å². The van der Waals surface area contributed by atoms with Gasteiger partial charge in [-0.2, -0.15) is 0 Å². The van der Waals surface area contributed by atoms with Crippen molar-refractivity contribution in [3.63, 3.8) is 0 Å². The summed E-state index contributed by atoms with van der Waals surface area (Å²) in [6, 6.07) is 9.98. The van der Waals surface area contributed by atoms with E-state index >= 15 is 0 Å². The van der Waals surface area contributed by atoms with Crippen LogP contribution in [0.4, 0.5) is 20.2 Å². The van der Waals surface area contributed by atoms with Gasteiger partial charge >= 0.3 is 5.57 Å². The summed E-state index contributed by atoms with van der Waals surface area (Å²) in [4.78, 5) is 15.1. The predicted octanol–water partition coefficient (Wildman–Crippen LogP) is 5.78. The van der Waals surface area contributed by atoms with Crippen molar-refractivity contribution in [2.24, 2.45) is 0 Å². The Morgan fingerprint density at radius 1 is 1.25 bits per heavy atom. The lowest BCUT2D eigenvalue weighted by molar-refractivity contribution is -0.0964. The Morgan fingerprint density at radius 2 is 1.96 bits per heavy atom. The van der Waals surface area contributed by atoms with Crippen LogP contribution in [0.25, 0.3) is 0 Å². The zero-order chi connectivity index (χ0) is 19.9. The van der Waals surface area contributed by atoms with E-state index < -0.39 is 5.57 Å². The molecule has 1 aliphatic carbocycles. The van der Waals surface area contributed by atoms with E-state index in [1.807, 2.05) is 12.1 Å². The Hall–Kier alpha value is -1.86. The van der Waals surface area contributed by atoms with Crippen LogP contribution in [0.15, 0.2) is 40.9 Å². The summed E-state index contributed by atoms with van der Waals surface area (Å²) in [6.45, 7) is 0.982. The molecule has 0 atom stereocenters. The van der Waals surface area contributed by atoms with Gasteiger partial charge in [0.15, 0.2) is 0 Å². The highest BCUT2D eigenvalue weighted by Gasteiger charge is 2.32. The molecule has 1 N–H and O–H groups in total. The van der Waals surface area contributed by atoms with E-state index in [4.69, 9.17) is 11.6 Å². The zero-order valence-electron chi connectivity index (χ0n) is 14.9. The minimum absolute atomic E-state index is 0.0886. The van der Waals surface area contributed by atoms with E-state index in [2.05, 4.69) is 30.9 Å². The highest BCUT2D eigenvalue weighted by atomic mass is 79.9. The number of carbonyl (C=O) groups excluding carboxylic acids is 1. The summed E-state index contributed by atoms with van der Waals surface area (Å²) >= 11 is 8.37.